The summed E-state index contributed by atoms with van der Waals surface area (Å²) in [6.07, 6.45) is 0.631. The average Bonchev–Trinajstić information content (AvgIpc) is 3.05. The molecule has 2 aliphatic rings. The van der Waals surface area contributed by atoms with Crippen molar-refractivity contribution >= 4 is 5.97 Å². The van der Waals surface area contributed by atoms with Crippen LogP contribution >= 0.6 is 0 Å². The Hall–Kier alpha value is -4.19. The number of hydrogen-bond acceptors (Lipinski definition) is 11. The maximum absolute atomic E-state index is 13.9. The lowest BCUT2D eigenvalue weighted by Crippen LogP contribution is -2.56. The minimum atomic E-state index is -0.708. The number of nitrogens with zero attached hydrogens (tertiary/aromatic N) is 1. The van der Waals surface area contributed by atoms with Crippen LogP contribution in [0.25, 0.3) is 0 Å². The van der Waals surface area contributed by atoms with Gasteiger partial charge in [-0.05, 0) is 53.7 Å². The Bertz CT molecular complexity index is 1690. The van der Waals surface area contributed by atoms with Gasteiger partial charge in [0.2, 0.25) is 0 Å². The van der Waals surface area contributed by atoms with E-state index in [-0.39, 0.29) is 30.5 Å². The number of phenols is 2. The fourth-order valence-corrected chi connectivity index (χ4v) is 7.60. The summed E-state index contributed by atoms with van der Waals surface area (Å²) in [6.45, 7) is 9.77. The quantitative estimate of drug-likeness (QED) is 0.237. The number of ether oxygens (including phenoxy) is 6. The zero-order valence-corrected chi connectivity index (χ0v) is 30.2. The molecule has 2 heterocycles. The van der Waals surface area contributed by atoms with Crippen molar-refractivity contribution in [2.45, 2.75) is 83.8 Å². The van der Waals surface area contributed by atoms with Gasteiger partial charge in [-0.3, -0.25) is 9.69 Å². The first kappa shape index (κ1) is 36.1. The van der Waals surface area contributed by atoms with Crippen LogP contribution in [-0.2, 0) is 33.7 Å². The Morgan fingerprint density at radius 1 is 0.837 bits per heavy atom. The summed E-state index contributed by atoms with van der Waals surface area (Å²) >= 11 is 0. The van der Waals surface area contributed by atoms with Crippen molar-refractivity contribution in [2.75, 3.05) is 42.1 Å². The molecule has 4 atom stereocenters. The normalized spacial score (nSPS) is 20.6. The number of hydrogen-bond donors (Lipinski definition) is 3. The molecule has 3 aromatic carbocycles. The third-order valence-corrected chi connectivity index (χ3v) is 9.59. The summed E-state index contributed by atoms with van der Waals surface area (Å²) in [4.78, 5) is 15.8. The van der Waals surface area contributed by atoms with Crippen molar-refractivity contribution in [1.29, 1.82) is 0 Å². The first-order valence-electron chi connectivity index (χ1n) is 16.5. The minimum Gasteiger partial charge on any atom is -0.504 e. The molecule has 0 fully saturated rings. The third kappa shape index (κ3) is 6.71. The molecule has 0 spiro atoms. The van der Waals surface area contributed by atoms with Crippen molar-refractivity contribution in [2.24, 2.45) is 0 Å². The summed E-state index contributed by atoms with van der Waals surface area (Å²) in [7, 11) is 8.07. The van der Waals surface area contributed by atoms with Crippen LogP contribution in [-0.4, -0.2) is 80.9 Å². The largest absolute Gasteiger partial charge is 0.504 e. The lowest BCUT2D eigenvalue weighted by molar-refractivity contribution is -0.162. The fraction of sp³-hybridized carbons (Fsp3) is 0.500. The highest BCUT2D eigenvalue weighted by atomic mass is 16.6. The van der Waals surface area contributed by atoms with Gasteiger partial charge >= 0.3 is 5.97 Å². The monoisotopic (exact) mass is 678 g/mol. The van der Waals surface area contributed by atoms with E-state index in [9.17, 15) is 15.0 Å². The van der Waals surface area contributed by atoms with Crippen molar-refractivity contribution in [1.82, 2.24) is 10.2 Å². The van der Waals surface area contributed by atoms with Gasteiger partial charge in [0.25, 0.3) is 0 Å². The first-order valence-corrected chi connectivity index (χ1v) is 16.5. The number of nitrogens with one attached hydrogen (secondary N) is 1. The molecule has 0 radical (unpaired) electrons. The van der Waals surface area contributed by atoms with Crippen LogP contribution in [0.3, 0.4) is 0 Å². The standard InChI is InChI=1S/C38H50N2O9/c1-20-33(44-7)23-16-25(39-26(28(23)31(41)35(20)46-9)19-48-18-22-14-12-11-13-15-22)30-29-24(34(45-8)21(2)36(47-10)32(29)42)17-27(40(30)6)37(43)49-38(3,4)5/h11-15,25-27,30,39,41-42H,16-19H2,1-10H3/t25-,26-,27-,30-/m0/s1. The van der Waals surface area contributed by atoms with Crippen LogP contribution in [0.1, 0.15) is 71.8 Å². The second-order valence-corrected chi connectivity index (χ2v) is 13.8. The van der Waals surface area contributed by atoms with E-state index in [0.717, 1.165) is 11.1 Å². The van der Waals surface area contributed by atoms with Crippen LogP contribution in [0.4, 0.5) is 0 Å². The highest BCUT2D eigenvalue weighted by Gasteiger charge is 2.48. The second kappa shape index (κ2) is 14.3. The van der Waals surface area contributed by atoms with E-state index < -0.39 is 29.8 Å². The summed E-state index contributed by atoms with van der Waals surface area (Å²) in [5.74, 6) is 1.40. The van der Waals surface area contributed by atoms with Gasteiger partial charge in [-0.1, -0.05) is 30.3 Å². The third-order valence-electron chi connectivity index (χ3n) is 9.59. The predicted octanol–water partition coefficient (Wildman–Crippen LogP) is 5.46. The van der Waals surface area contributed by atoms with Crippen LogP contribution in [0.2, 0.25) is 0 Å². The smallest absolute Gasteiger partial charge is 0.324 e. The Labute approximate surface area is 289 Å². The van der Waals surface area contributed by atoms with E-state index in [1.54, 1.807) is 14.2 Å². The Morgan fingerprint density at radius 3 is 1.90 bits per heavy atom. The number of phenolic OH excluding ortho intramolecular Hbond substituents is 2. The van der Waals surface area contributed by atoms with E-state index in [4.69, 9.17) is 28.4 Å². The average molecular weight is 679 g/mol. The number of fused-ring (bicyclic) bond motifs is 2. The molecule has 0 bridgehead atoms. The lowest BCUT2D eigenvalue weighted by Gasteiger charge is -2.47. The molecule has 0 saturated carbocycles. The molecule has 3 aromatic rings. The minimum absolute atomic E-state index is 0.0134. The van der Waals surface area contributed by atoms with Gasteiger partial charge in [-0.15, -0.1) is 0 Å². The molecule has 5 rings (SSSR count). The lowest BCUT2D eigenvalue weighted by atomic mass is 9.77. The zero-order valence-electron chi connectivity index (χ0n) is 30.2. The second-order valence-electron chi connectivity index (χ2n) is 13.8. The summed E-state index contributed by atoms with van der Waals surface area (Å²) < 4.78 is 35.5. The van der Waals surface area contributed by atoms with E-state index >= 15 is 0 Å². The molecule has 0 unspecified atom stereocenters. The molecule has 0 aliphatic carbocycles. The van der Waals surface area contributed by atoms with E-state index in [1.165, 1.54) is 14.2 Å². The number of carbonyl (C=O) groups is 1. The van der Waals surface area contributed by atoms with Crippen molar-refractivity contribution in [3.63, 3.8) is 0 Å². The number of likely N-dealkylation sites (N-methyl/N-ethyl adjacent to an activating group) is 1. The van der Waals surface area contributed by atoms with Gasteiger partial charge in [0, 0.05) is 45.8 Å². The molecular weight excluding hydrogens is 628 g/mol. The van der Waals surface area contributed by atoms with Crippen LogP contribution < -0.4 is 24.3 Å². The summed E-state index contributed by atoms with van der Waals surface area (Å²) in [5.41, 5.74) is 4.32. The van der Waals surface area contributed by atoms with Gasteiger partial charge < -0.3 is 44.0 Å². The maximum atomic E-state index is 13.9. The first-order chi connectivity index (χ1) is 23.3. The Morgan fingerprint density at radius 2 is 1.37 bits per heavy atom. The highest BCUT2D eigenvalue weighted by molar-refractivity contribution is 5.79. The van der Waals surface area contributed by atoms with E-state index in [2.05, 4.69) is 5.32 Å². The van der Waals surface area contributed by atoms with Crippen LogP contribution in [0, 0.1) is 13.8 Å². The highest BCUT2D eigenvalue weighted by Crippen LogP contribution is 2.54. The van der Waals surface area contributed by atoms with Crippen LogP contribution in [0.15, 0.2) is 30.3 Å². The number of carbonyl (C=O) groups excluding carboxylic acids is 1. The number of rotatable bonds is 10. The molecule has 49 heavy (non-hydrogen) atoms. The van der Waals surface area contributed by atoms with Crippen molar-refractivity contribution in [3.05, 3.63) is 69.3 Å². The van der Waals surface area contributed by atoms with Crippen molar-refractivity contribution < 1.29 is 43.4 Å². The van der Waals surface area contributed by atoms with Crippen LogP contribution in [0.5, 0.6) is 34.5 Å². The fourth-order valence-electron chi connectivity index (χ4n) is 7.60. The number of methoxy groups -OCH3 is 4. The van der Waals surface area contributed by atoms with E-state index in [0.29, 0.717) is 63.8 Å². The Kier molecular flexibility index (Phi) is 10.6. The molecule has 0 aromatic heterocycles. The van der Waals surface area contributed by atoms with E-state index in [1.807, 2.05) is 76.9 Å². The molecule has 3 N–H and O–H groups in total. The zero-order chi connectivity index (χ0) is 35.8. The molecule has 0 amide bonds. The summed E-state index contributed by atoms with van der Waals surface area (Å²) in [5, 5.41) is 27.3. The topological polar surface area (TPSA) is 128 Å². The SMILES string of the molecule is COc1c(C)c(OC)c2c(c1O)[C@H](COCc1ccccc1)N[C@H]([C@H]1c3c(O)c(OC)c(C)c(OC)c3C[C@@H](C(=O)OC(C)(C)C)N1C)C2. The van der Waals surface area contributed by atoms with Gasteiger partial charge in [0.05, 0.1) is 53.7 Å². The molecule has 2 aliphatic heterocycles. The van der Waals surface area contributed by atoms with Gasteiger partial charge in [0.15, 0.2) is 23.0 Å². The van der Waals surface area contributed by atoms with Crippen molar-refractivity contribution in [3.8, 4) is 34.5 Å². The Balaban J connectivity index is 1.68. The number of aromatic hydroxyl groups is 2. The number of benzene rings is 3. The van der Waals surface area contributed by atoms with Gasteiger partial charge in [0.1, 0.15) is 23.1 Å². The van der Waals surface area contributed by atoms with Gasteiger partial charge in [-0.2, -0.15) is 0 Å². The van der Waals surface area contributed by atoms with Gasteiger partial charge in [-0.25, -0.2) is 0 Å². The number of esters is 1. The molecular formula is C38H50N2O9. The molecule has 0 saturated heterocycles. The molecule has 266 valence electrons. The molecule has 11 heteroatoms. The maximum Gasteiger partial charge on any atom is 0.324 e. The molecule has 11 nitrogen and oxygen atoms in total. The predicted molar refractivity (Wildman–Crippen MR) is 185 cm³/mol. The summed E-state index contributed by atoms with van der Waals surface area (Å²) in [6, 6.07) is 7.65.